The van der Waals surface area contributed by atoms with E-state index in [2.05, 4.69) is 5.32 Å². The number of methoxy groups -OCH3 is 1. The molecule has 0 saturated heterocycles. The molecule has 2 rings (SSSR count). The van der Waals surface area contributed by atoms with Crippen LogP contribution < -0.4 is 15.8 Å². The van der Waals surface area contributed by atoms with Gasteiger partial charge in [-0.3, -0.25) is 4.79 Å². The molecule has 17 heavy (non-hydrogen) atoms. The van der Waals surface area contributed by atoms with E-state index in [1.807, 2.05) is 24.3 Å². The Morgan fingerprint density at radius 2 is 2.06 bits per heavy atom. The number of hydrogen-bond donors (Lipinski definition) is 2. The SMILES string of the molecule is COc1ccc(NC(=O)C2CCC(N)C2)cc1. The van der Waals surface area contributed by atoms with Gasteiger partial charge in [0.25, 0.3) is 0 Å². The van der Waals surface area contributed by atoms with E-state index >= 15 is 0 Å². The van der Waals surface area contributed by atoms with Crippen LogP contribution in [0.1, 0.15) is 19.3 Å². The summed E-state index contributed by atoms with van der Waals surface area (Å²) in [6.45, 7) is 0. The average Bonchev–Trinajstić information content (AvgIpc) is 2.77. The first-order valence-corrected chi connectivity index (χ1v) is 5.89. The van der Waals surface area contributed by atoms with Crippen LogP contribution in [0.3, 0.4) is 0 Å². The normalized spacial score (nSPS) is 23.4. The van der Waals surface area contributed by atoms with Crippen molar-refractivity contribution >= 4 is 11.6 Å². The minimum absolute atomic E-state index is 0.0621. The van der Waals surface area contributed by atoms with Gasteiger partial charge in [-0.2, -0.15) is 0 Å². The van der Waals surface area contributed by atoms with Crippen molar-refractivity contribution in [3.8, 4) is 5.75 Å². The van der Waals surface area contributed by atoms with Crippen molar-refractivity contribution in [2.45, 2.75) is 25.3 Å². The number of benzene rings is 1. The van der Waals surface area contributed by atoms with Gasteiger partial charge in [0.1, 0.15) is 5.75 Å². The molecule has 0 radical (unpaired) electrons. The molecule has 0 heterocycles. The monoisotopic (exact) mass is 234 g/mol. The number of rotatable bonds is 3. The van der Waals surface area contributed by atoms with Gasteiger partial charge >= 0.3 is 0 Å². The van der Waals surface area contributed by atoms with Gasteiger partial charge in [-0.05, 0) is 43.5 Å². The van der Waals surface area contributed by atoms with E-state index in [1.54, 1.807) is 7.11 Å². The number of nitrogens with two attached hydrogens (primary N) is 1. The van der Waals surface area contributed by atoms with Gasteiger partial charge in [-0.1, -0.05) is 0 Å². The fourth-order valence-corrected chi connectivity index (χ4v) is 2.17. The maximum absolute atomic E-state index is 11.9. The van der Waals surface area contributed by atoms with Crippen LogP contribution in [0.4, 0.5) is 5.69 Å². The summed E-state index contributed by atoms with van der Waals surface area (Å²) in [7, 11) is 1.62. The number of amides is 1. The van der Waals surface area contributed by atoms with E-state index < -0.39 is 0 Å². The lowest BCUT2D eigenvalue weighted by Crippen LogP contribution is -2.23. The Morgan fingerprint density at radius 3 is 2.59 bits per heavy atom. The highest BCUT2D eigenvalue weighted by atomic mass is 16.5. The fourth-order valence-electron chi connectivity index (χ4n) is 2.17. The summed E-state index contributed by atoms with van der Waals surface area (Å²) in [6.07, 6.45) is 2.63. The Morgan fingerprint density at radius 1 is 1.35 bits per heavy atom. The molecule has 3 N–H and O–H groups in total. The minimum Gasteiger partial charge on any atom is -0.497 e. The predicted octanol–water partition coefficient (Wildman–Crippen LogP) is 1.76. The summed E-state index contributed by atoms with van der Waals surface area (Å²) in [5.41, 5.74) is 6.60. The number of carbonyl (C=O) groups is 1. The number of anilines is 1. The van der Waals surface area contributed by atoms with Gasteiger partial charge in [0.15, 0.2) is 0 Å². The lowest BCUT2D eigenvalue weighted by molar-refractivity contribution is -0.119. The van der Waals surface area contributed by atoms with Crippen molar-refractivity contribution < 1.29 is 9.53 Å². The maximum atomic E-state index is 11.9. The largest absolute Gasteiger partial charge is 0.497 e. The summed E-state index contributed by atoms with van der Waals surface area (Å²) >= 11 is 0. The molecule has 1 saturated carbocycles. The van der Waals surface area contributed by atoms with Gasteiger partial charge in [0.2, 0.25) is 5.91 Å². The van der Waals surface area contributed by atoms with Crippen LogP contribution >= 0.6 is 0 Å². The van der Waals surface area contributed by atoms with Crippen LogP contribution in [0.2, 0.25) is 0 Å². The summed E-state index contributed by atoms with van der Waals surface area (Å²) in [5, 5.41) is 2.91. The molecule has 1 aliphatic rings. The van der Waals surface area contributed by atoms with Gasteiger partial charge in [0.05, 0.1) is 7.11 Å². The third-order valence-electron chi connectivity index (χ3n) is 3.20. The molecular weight excluding hydrogens is 216 g/mol. The molecule has 92 valence electrons. The topological polar surface area (TPSA) is 64.3 Å². The van der Waals surface area contributed by atoms with E-state index in [9.17, 15) is 4.79 Å². The molecule has 1 aromatic carbocycles. The molecule has 0 aliphatic heterocycles. The zero-order valence-corrected chi connectivity index (χ0v) is 9.98. The van der Waals surface area contributed by atoms with Crippen molar-refractivity contribution in [2.24, 2.45) is 11.7 Å². The van der Waals surface area contributed by atoms with Gasteiger partial charge in [-0.15, -0.1) is 0 Å². The third-order valence-corrected chi connectivity index (χ3v) is 3.20. The number of nitrogens with one attached hydrogen (secondary N) is 1. The highest BCUT2D eigenvalue weighted by Gasteiger charge is 2.27. The van der Waals surface area contributed by atoms with E-state index in [4.69, 9.17) is 10.5 Å². The first-order valence-electron chi connectivity index (χ1n) is 5.89. The molecule has 4 nitrogen and oxygen atoms in total. The van der Waals surface area contributed by atoms with Crippen LogP contribution in [0.5, 0.6) is 5.75 Å². The zero-order chi connectivity index (χ0) is 12.3. The highest BCUT2D eigenvalue weighted by molar-refractivity contribution is 5.92. The molecule has 1 fully saturated rings. The van der Waals surface area contributed by atoms with Crippen molar-refractivity contribution in [3.05, 3.63) is 24.3 Å². The first-order chi connectivity index (χ1) is 8.19. The first kappa shape index (κ1) is 11.9. The average molecular weight is 234 g/mol. The number of hydrogen-bond acceptors (Lipinski definition) is 3. The molecule has 2 atom stereocenters. The number of ether oxygens (including phenoxy) is 1. The van der Waals surface area contributed by atoms with Crippen molar-refractivity contribution in [3.63, 3.8) is 0 Å². The van der Waals surface area contributed by atoms with Crippen molar-refractivity contribution in [2.75, 3.05) is 12.4 Å². The summed E-state index contributed by atoms with van der Waals surface area (Å²) in [4.78, 5) is 11.9. The third kappa shape index (κ3) is 2.97. The van der Waals surface area contributed by atoms with Crippen LogP contribution in [0.25, 0.3) is 0 Å². The second kappa shape index (κ2) is 5.19. The second-order valence-corrected chi connectivity index (χ2v) is 4.49. The quantitative estimate of drug-likeness (QED) is 0.837. The van der Waals surface area contributed by atoms with Gasteiger partial charge in [0, 0.05) is 17.6 Å². The molecule has 1 amide bonds. The Labute approximate surface area is 101 Å². The van der Waals surface area contributed by atoms with E-state index in [0.717, 1.165) is 30.7 Å². The Hall–Kier alpha value is -1.55. The molecule has 2 unspecified atom stereocenters. The lowest BCUT2D eigenvalue weighted by atomic mass is 10.1. The predicted molar refractivity (Wildman–Crippen MR) is 66.9 cm³/mol. The molecular formula is C13H18N2O2. The van der Waals surface area contributed by atoms with E-state index in [-0.39, 0.29) is 17.9 Å². The van der Waals surface area contributed by atoms with Crippen LogP contribution in [0.15, 0.2) is 24.3 Å². The molecule has 0 spiro atoms. The Balaban J connectivity index is 1.93. The Bertz CT molecular complexity index is 389. The van der Waals surface area contributed by atoms with E-state index in [0.29, 0.717) is 0 Å². The van der Waals surface area contributed by atoms with Crippen LogP contribution in [0, 0.1) is 5.92 Å². The molecule has 0 bridgehead atoms. The second-order valence-electron chi connectivity index (χ2n) is 4.49. The van der Waals surface area contributed by atoms with Gasteiger partial charge < -0.3 is 15.8 Å². The maximum Gasteiger partial charge on any atom is 0.227 e. The van der Waals surface area contributed by atoms with Crippen molar-refractivity contribution in [1.29, 1.82) is 0 Å². The standard InChI is InChI=1S/C13H18N2O2/c1-17-12-6-4-11(5-7-12)15-13(16)9-2-3-10(14)8-9/h4-7,9-10H,2-3,8,14H2,1H3,(H,15,16). The zero-order valence-electron chi connectivity index (χ0n) is 9.98. The summed E-state index contributed by atoms with van der Waals surface area (Å²) < 4.78 is 5.06. The Kier molecular flexibility index (Phi) is 3.64. The lowest BCUT2D eigenvalue weighted by Gasteiger charge is -2.11. The highest BCUT2D eigenvalue weighted by Crippen LogP contribution is 2.25. The minimum atomic E-state index is 0.0621. The fraction of sp³-hybridized carbons (Fsp3) is 0.462. The van der Waals surface area contributed by atoms with Crippen molar-refractivity contribution in [1.82, 2.24) is 0 Å². The van der Waals surface area contributed by atoms with Crippen LogP contribution in [-0.2, 0) is 4.79 Å². The molecule has 0 aromatic heterocycles. The summed E-state index contributed by atoms with van der Waals surface area (Å²) in [5.74, 6) is 0.918. The number of carbonyl (C=O) groups excluding carboxylic acids is 1. The smallest absolute Gasteiger partial charge is 0.227 e. The summed E-state index contributed by atoms with van der Waals surface area (Å²) in [6, 6.07) is 7.52. The molecule has 1 aromatic rings. The van der Waals surface area contributed by atoms with Gasteiger partial charge in [-0.25, -0.2) is 0 Å². The molecule has 1 aliphatic carbocycles. The van der Waals surface area contributed by atoms with Crippen LogP contribution in [-0.4, -0.2) is 19.1 Å². The van der Waals surface area contributed by atoms with E-state index in [1.165, 1.54) is 0 Å². The molecule has 4 heteroatoms.